The number of carbonyl (C=O) groups excluding carboxylic acids is 1. The predicted molar refractivity (Wildman–Crippen MR) is 92.1 cm³/mol. The molecule has 1 aliphatic rings. The summed E-state index contributed by atoms with van der Waals surface area (Å²) in [7, 11) is 0. The first-order chi connectivity index (χ1) is 12.9. The van der Waals surface area contributed by atoms with E-state index < -0.39 is 34.6 Å². The van der Waals surface area contributed by atoms with Crippen LogP contribution in [0, 0.1) is 10.1 Å². The molecule has 142 valence electrons. The molecule has 0 radical (unpaired) electrons. The maximum atomic E-state index is 12.8. The molecular weight excluding hydrogens is 358 g/mol. The fourth-order valence-electron chi connectivity index (χ4n) is 2.96. The summed E-state index contributed by atoms with van der Waals surface area (Å²) in [4.78, 5) is 34.1. The van der Waals surface area contributed by atoms with Crippen LogP contribution in [0.4, 0.5) is 11.6 Å². The van der Waals surface area contributed by atoms with Crippen LogP contribution >= 0.6 is 0 Å². The number of piperazine rings is 1. The summed E-state index contributed by atoms with van der Waals surface area (Å²) < 4.78 is 0. The molecule has 3 N–H and O–H groups in total. The fraction of sp³-hybridized carbons (Fsp3) is 0.312. The van der Waals surface area contributed by atoms with Crippen LogP contribution in [0.2, 0.25) is 0 Å². The monoisotopic (exact) mass is 375 g/mol. The van der Waals surface area contributed by atoms with Crippen molar-refractivity contribution in [2.24, 2.45) is 0 Å². The number of aromatic nitrogens is 2. The van der Waals surface area contributed by atoms with E-state index in [2.05, 4.69) is 9.97 Å². The first kappa shape index (κ1) is 18.5. The van der Waals surface area contributed by atoms with Crippen LogP contribution in [0.1, 0.15) is 10.4 Å². The number of amides is 1. The molecule has 1 unspecified atom stereocenters. The maximum absolute atomic E-state index is 12.8. The van der Waals surface area contributed by atoms with E-state index in [0.717, 1.165) is 6.07 Å². The van der Waals surface area contributed by atoms with E-state index in [9.17, 15) is 30.2 Å². The van der Waals surface area contributed by atoms with E-state index in [1.54, 1.807) is 23.4 Å². The van der Waals surface area contributed by atoms with Crippen molar-refractivity contribution in [2.75, 3.05) is 24.5 Å². The highest BCUT2D eigenvalue weighted by molar-refractivity contribution is 5.98. The number of benzene rings is 1. The van der Waals surface area contributed by atoms with Gasteiger partial charge in [-0.3, -0.25) is 14.9 Å². The lowest BCUT2D eigenvalue weighted by Crippen LogP contribution is -2.59. The average molecular weight is 375 g/mol. The minimum Gasteiger partial charge on any atom is -0.502 e. The molecule has 27 heavy (non-hydrogen) atoms. The number of para-hydroxylation sites is 1. The smallest absolute Gasteiger partial charge is 0.311 e. The molecule has 0 spiro atoms. The molecule has 1 saturated heterocycles. The second-order valence-electron chi connectivity index (χ2n) is 5.90. The molecule has 1 aliphatic heterocycles. The average Bonchev–Trinajstić information content (AvgIpc) is 2.67. The number of hydrogen-bond acceptors (Lipinski definition) is 9. The van der Waals surface area contributed by atoms with Gasteiger partial charge in [-0.2, -0.15) is 0 Å². The van der Waals surface area contributed by atoms with Crippen LogP contribution in [0.15, 0.2) is 36.7 Å². The lowest BCUT2D eigenvalue weighted by Gasteiger charge is -2.42. The Labute approximate surface area is 153 Å². The van der Waals surface area contributed by atoms with Crippen molar-refractivity contribution in [2.45, 2.75) is 12.3 Å². The Kier molecular flexibility index (Phi) is 5.14. The summed E-state index contributed by atoms with van der Waals surface area (Å²) in [6, 6.07) is 4.22. The van der Waals surface area contributed by atoms with Crippen LogP contribution in [0.3, 0.4) is 0 Å². The molecule has 0 aliphatic carbocycles. The van der Waals surface area contributed by atoms with Gasteiger partial charge in [-0.1, -0.05) is 6.07 Å². The molecule has 2 heterocycles. The molecule has 11 heteroatoms. The van der Waals surface area contributed by atoms with E-state index >= 15 is 0 Å². The summed E-state index contributed by atoms with van der Waals surface area (Å²) in [6.07, 6.45) is 1.23. The normalized spacial score (nSPS) is 17.2. The number of carbonyl (C=O) groups is 1. The Hall–Kier alpha value is -3.31. The Balaban J connectivity index is 1.87. The first-order valence-electron chi connectivity index (χ1n) is 8.05. The van der Waals surface area contributed by atoms with Gasteiger partial charge < -0.3 is 25.1 Å². The number of nitrogens with zero attached hydrogens (tertiary/aromatic N) is 5. The minimum atomic E-state index is -1.86. The standard InChI is InChI=1S/C16H17N5O6/c22-13-10(3-1-4-11(13)21(26)27)14(23)20-8-7-19(9-12(20)15(24)25)16-17-5-2-6-18-16/h1-6,12,15,22,24-25H,7-9H2. The van der Waals surface area contributed by atoms with E-state index in [4.69, 9.17) is 0 Å². The van der Waals surface area contributed by atoms with Gasteiger partial charge in [0.15, 0.2) is 6.29 Å². The van der Waals surface area contributed by atoms with Crippen molar-refractivity contribution in [1.29, 1.82) is 0 Å². The summed E-state index contributed by atoms with van der Waals surface area (Å²) in [6.45, 7) is 0.444. The van der Waals surface area contributed by atoms with Gasteiger partial charge in [-0.05, 0) is 12.1 Å². The van der Waals surface area contributed by atoms with Crippen molar-refractivity contribution in [3.63, 3.8) is 0 Å². The number of anilines is 1. The van der Waals surface area contributed by atoms with E-state index in [0.29, 0.717) is 12.5 Å². The number of aliphatic hydroxyl groups excluding tert-OH is 1. The van der Waals surface area contributed by atoms with Gasteiger partial charge in [0.25, 0.3) is 5.91 Å². The minimum absolute atomic E-state index is 0.0448. The first-order valence-corrected chi connectivity index (χ1v) is 8.05. The number of rotatable bonds is 4. The zero-order chi connectivity index (χ0) is 19.6. The number of phenols is 1. The fourth-order valence-corrected chi connectivity index (χ4v) is 2.96. The van der Waals surface area contributed by atoms with Crippen molar-refractivity contribution in [3.05, 3.63) is 52.3 Å². The topological polar surface area (TPSA) is 153 Å². The molecule has 2 aromatic rings. The lowest BCUT2D eigenvalue weighted by molar-refractivity contribution is -0.385. The maximum Gasteiger partial charge on any atom is 0.311 e. The quantitative estimate of drug-likeness (QED) is 0.372. The van der Waals surface area contributed by atoms with Gasteiger partial charge in [0.05, 0.1) is 10.5 Å². The summed E-state index contributed by atoms with van der Waals surface area (Å²) in [5.74, 6) is -1.11. The summed E-state index contributed by atoms with van der Waals surface area (Å²) >= 11 is 0. The summed E-state index contributed by atoms with van der Waals surface area (Å²) in [5, 5.41) is 40.5. The Bertz CT molecular complexity index is 846. The molecule has 0 bridgehead atoms. The zero-order valence-corrected chi connectivity index (χ0v) is 14.0. The molecule has 1 fully saturated rings. The third-order valence-corrected chi connectivity index (χ3v) is 4.30. The van der Waals surface area contributed by atoms with E-state index in [1.807, 2.05) is 0 Å². The molecule has 11 nitrogen and oxygen atoms in total. The molecule has 1 atom stereocenters. The molecule has 1 amide bonds. The second-order valence-corrected chi connectivity index (χ2v) is 5.90. The molecular formula is C16H17N5O6. The summed E-state index contributed by atoms with van der Waals surface area (Å²) in [5.41, 5.74) is -0.877. The number of aliphatic hydroxyl groups is 2. The van der Waals surface area contributed by atoms with Gasteiger partial charge >= 0.3 is 5.69 Å². The highest BCUT2D eigenvalue weighted by Crippen LogP contribution is 2.31. The zero-order valence-electron chi connectivity index (χ0n) is 14.0. The number of aromatic hydroxyl groups is 1. The Morgan fingerprint density at radius 1 is 1.22 bits per heavy atom. The highest BCUT2D eigenvalue weighted by Gasteiger charge is 2.37. The largest absolute Gasteiger partial charge is 0.502 e. The van der Waals surface area contributed by atoms with Crippen molar-refractivity contribution in [1.82, 2.24) is 14.9 Å². The molecule has 1 aromatic heterocycles. The van der Waals surface area contributed by atoms with Crippen LogP contribution in [-0.2, 0) is 0 Å². The third-order valence-electron chi connectivity index (χ3n) is 4.30. The van der Waals surface area contributed by atoms with E-state index in [-0.39, 0.29) is 18.7 Å². The molecule has 0 saturated carbocycles. The van der Waals surface area contributed by atoms with Gasteiger partial charge in [0.2, 0.25) is 11.7 Å². The van der Waals surface area contributed by atoms with Crippen LogP contribution in [-0.4, -0.2) is 73.0 Å². The van der Waals surface area contributed by atoms with Crippen molar-refractivity contribution in [3.8, 4) is 5.75 Å². The Morgan fingerprint density at radius 3 is 2.56 bits per heavy atom. The highest BCUT2D eigenvalue weighted by atomic mass is 16.6. The number of hydrogen-bond donors (Lipinski definition) is 3. The van der Waals surface area contributed by atoms with Gasteiger partial charge in [0, 0.05) is 38.1 Å². The molecule has 1 aromatic carbocycles. The van der Waals surface area contributed by atoms with Gasteiger partial charge in [-0.15, -0.1) is 0 Å². The van der Waals surface area contributed by atoms with Crippen LogP contribution < -0.4 is 4.90 Å². The number of nitro benzene ring substituents is 1. The lowest BCUT2D eigenvalue weighted by atomic mass is 10.1. The second kappa shape index (κ2) is 7.51. The number of phenolic OH excluding ortho intramolecular Hbond substituents is 1. The third kappa shape index (κ3) is 3.64. The SMILES string of the molecule is O=C(c1cccc([N+](=O)[O-])c1O)N1CCN(c2ncccn2)CC1C(O)O. The van der Waals surface area contributed by atoms with Crippen LogP contribution in [0.25, 0.3) is 0 Å². The van der Waals surface area contributed by atoms with Gasteiger partial charge in [-0.25, -0.2) is 9.97 Å². The molecule has 3 rings (SSSR count). The van der Waals surface area contributed by atoms with Gasteiger partial charge in [0.1, 0.15) is 6.04 Å². The Morgan fingerprint density at radius 2 is 1.93 bits per heavy atom. The van der Waals surface area contributed by atoms with Crippen molar-refractivity contribution >= 4 is 17.5 Å². The van der Waals surface area contributed by atoms with Crippen molar-refractivity contribution < 1.29 is 25.0 Å². The van der Waals surface area contributed by atoms with Crippen LogP contribution in [0.5, 0.6) is 5.75 Å². The van der Waals surface area contributed by atoms with E-state index in [1.165, 1.54) is 17.0 Å². The predicted octanol–water partition coefficient (Wildman–Crippen LogP) is -0.268. The number of nitro groups is 1.